The Morgan fingerprint density at radius 1 is 1.00 bits per heavy atom. The van der Waals surface area contributed by atoms with Crippen molar-refractivity contribution in [2.75, 3.05) is 52.4 Å². The minimum Gasteiger partial charge on any atom is -0.340 e. The monoisotopic (exact) mass is 330 g/mol. The summed E-state index contributed by atoms with van der Waals surface area (Å²) in [6.45, 7) is 12.7. The summed E-state index contributed by atoms with van der Waals surface area (Å²) < 4.78 is 0. The normalized spacial score (nSPS) is 30.9. The van der Waals surface area contributed by atoms with Gasteiger partial charge >= 0.3 is 0 Å². The van der Waals surface area contributed by atoms with Crippen LogP contribution in [0.25, 0.3) is 0 Å². The summed E-state index contributed by atoms with van der Waals surface area (Å²) in [5.41, 5.74) is 0. The van der Waals surface area contributed by atoms with Crippen molar-refractivity contribution < 1.29 is 4.79 Å². The van der Waals surface area contributed by atoms with Gasteiger partial charge in [-0.25, -0.2) is 0 Å². The average Bonchev–Trinajstić information content (AvgIpc) is 2.74. The van der Waals surface area contributed by atoms with Gasteiger partial charge in [-0.1, -0.05) is 0 Å². The molecule has 3 saturated heterocycles. The van der Waals surface area contributed by atoms with E-state index in [1.54, 1.807) is 0 Å². The van der Waals surface area contributed by atoms with Crippen molar-refractivity contribution in [2.45, 2.75) is 38.8 Å². The molecular weight excluding hydrogens is 300 g/mol. The number of hydrogen-bond donors (Lipinski definition) is 1. The van der Waals surface area contributed by atoms with Gasteiger partial charge in [0.25, 0.3) is 0 Å². The van der Waals surface area contributed by atoms with E-state index in [0.717, 1.165) is 57.9 Å². The maximum atomic E-state index is 12.2. The highest BCUT2D eigenvalue weighted by Gasteiger charge is 2.31. The van der Waals surface area contributed by atoms with Crippen LogP contribution in [0.15, 0.2) is 0 Å². The maximum Gasteiger partial charge on any atom is 0.228 e. The van der Waals surface area contributed by atoms with Gasteiger partial charge in [-0.05, 0) is 26.7 Å². The molecule has 3 rings (SSSR count). The third-order valence-corrected chi connectivity index (χ3v) is 5.62. The average molecular weight is 331 g/mol. The quantitative estimate of drug-likeness (QED) is 0.821. The van der Waals surface area contributed by atoms with Crippen molar-refractivity contribution in [3.63, 3.8) is 0 Å². The molecule has 0 bridgehead atoms. The van der Waals surface area contributed by atoms with Crippen LogP contribution in [0.4, 0.5) is 0 Å². The van der Waals surface area contributed by atoms with Crippen molar-refractivity contribution in [1.82, 2.24) is 20.0 Å². The smallest absolute Gasteiger partial charge is 0.228 e. The van der Waals surface area contributed by atoms with Crippen molar-refractivity contribution in [1.29, 1.82) is 0 Å². The van der Waals surface area contributed by atoms with Crippen LogP contribution in [0, 0.1) is 5.92 Å². The number of halogens is 1. The highest BCUT2D eigenvalue weighted by Crippen LogP contribution is 2.23. The summed E-state index contributed by atoms with van der Waals surface area (Å²) in [4.78, 5) is 19.5. The molecule has 6 heteroatoms. The second-order valence-corrected chi connectivity index (χ2v) is 7.04. The van der Waals surface area contributed by atoms with Gasteiger partial charge in [0.15, 0.2) is 0 Å². The van der Waals surface area contributed by atoms with E-state index in [2.05, 4.69) is 33.9 Å². The summed E-state index contributed by atoms with van der Waals surface area (Å²) in [5.74, 6) is 0.623. The van der Waals surface area contributed by atoms with Gasteiger partial charge in [0.05, 0.1) is 5.92 Å². The number of likely N-dealkylation sites (tertiary alicyclic amines) is 1. The maximum absolute atomic E-state index is 12.2. The zero-order chi connectivity index (χ0) is 14.8. The van der Waals surface area contributed by atoms with E-state index >= 15 is 0 Å². The first-order valence-corrected chi connectivity index (χ1v) is 8.62. The van der Waals surface area contributed by atoms with Crippen LogP contribution in [0.2, 0.25) is 0 Å². The molecule has 0 spiro atoms. The van der Waals surface area contributed by atoms with Crippen molar-refractivity contribution >= 4 is 18.3 Å². The third-order valence-electron chi connectivity index (χ3n) is 5.62. The molecule has 0 radical (unpaired) electrons. The standard InChI is InChI=1S/C16H30N4O.ClH/c1-13-3-4-14(2)20(13)10-7-18-5-8-19(9-6-18)16(21)15-11-17-12-15;/h13-15,17H,3-12H2,1-2H3;1H. The number of carbonyl (C=O) groups excluding carboxylic acids is 1. The number of hydrogen-bond acceptors (Lipinski definition) is 4. The molecule has 0 aromatic carbocycles. The number of amides is 1. The molecule has 0 saturated carbocycles. The van der Waals surface area contributed by atoms with E-state index in [9.17, 15) is 4.79 Å². The molecule has 0 aliphatic carbocycles. The summed E-state index contributed by atoms with van der Waals surface area (Å²) in [6, 6.07) is 1.49. The molecule has 0 aromatic rings. The number of rotatable bonds is 4. The first-order chi connectivity index (χ1) is 10.1. The molecule has 3 heterocycles. The Hall–Kier alpha value is -0.360. The molecule has 3 aliphatic rings. The lowest BCUT2D eigenvalue weighted by Gasteiger charge is -2.39. The van der Waals surface area contributed by atoms with Crippen LogP contribution in [0.1, 0.15) is 26.7 Å². The Kier molecular flexibility index (Phi) is 6.50. The minimum atomic E-state index is 0. The van der Waals surface area contributed by atoms with Gasteiger partial charge in [0.1, 0.15) is 0 Å². The van der Waals surface area contributed by atoms with Gasteiger partial charge in [-0.2, -0.15) is 0 Å². The lowest BCUT2D eigenvalue weighted by atomic mass is 10.0. The summed E-state index contributed by atoms with van der Waals surface area (Å²) in [7, 11) is 0. The van der Waals surface area contributed by atoms with Gasteiger partial charge < -0.3 is 10.2 Å². The number of nitrogens with one attached hydrogen (secondary N) is 1. The molecule has 5 nitrogen and oxygen atoms in total. The molecule has 2 atom stereocenters. The minimum absolute atomic E-state index is 0. The first-order valence-electron chi connectivity index (χ1n) is 8.62. The third kappa shape index (κ3) is 3.94. The zero-order valence-corrected chi connectivity index (χ0v) is 14.8. The lowest BCUT2D eigenvalue weighted by molar-refractivity contribution is -0.138. The number of nitrogens with zero attached hydrogens (tertiary/aromatic N) is 3. The highest BCUT2D eigenvalue weighted by molar-refractivity contribution is 5.85. The number of piperazine rings is 1. The number of carbonyl (C=O) groups is 1. The molecular formula is C16H31ClN4O. The van der Waals surface area contributed by atoms with Crippen molar-refractivity contribution in [3.05, 3.63) is 0 Å². The van der Waals surface area contributed by atoms with Crippen LogP contribution < -0.4 is 5.32 Å². The molecule has 2 unspecified atom stereocenters. The SMILES string of the molecule is CC1CCC(C)N1CCN1CCN(C(=O)C2CNC2)CC1.Cl. The molecule has 128 valence electrons. The molecule has 0 aromatic heterocycles. The predicted octanol–water partition coefficient (Wildman–Crippen LogP) is 0.645. The highest BCUT2D eigenvalue weighted by atomic mass is 35.5. The summed E-state index contributed by atoms with van der Waals surface area (Å²) in [6.07, 6.45) is 2.69. The molecule has 3 fully saturated rings. The molecule has 1 N–H and O–H groups in total. The van der Waals surface area contributed by atoms with E-state index in [0.29, 0.717) is 5.91 Å². The van der Waals surface area contributed by atoms with Gasteiger partial charge in [-0.3, -0.25) is 14.6 Å². The molecule has 22 heavy (non-hydrogen) atoms. The Balaban J connectivity index is 0.00000176. The van der Waals surface area contributed by atoms with Crippen LogP contribution in [0.5, 0.6) is 0 Å². The fourth-order valence-electron chi connectivity index (χ4n) is 3.86. The van der Waals surface area contributed by atoms with E-state index in [1.807, 2.05) is 0 Å². The van der Waals surface area contributed by atoms with E-state index < -0.39 is 0 Å². The summed E-state index contributed by atoms with van der Waals surface area (Å²) >= 11 is 0. The van der Waals surface area contributed by atoms with Crippen LogP contribution in [-0.4, -0.2) is 85.0 Å². The fraction of sp³-hybridized carbons (Fsp3) is 0.938. The lowest BCUT2D eigenvalue weighted by Crippen LogP contribution is -2.57. The van der Waals surface area contributed by atoms with E-state index in [4.69, 9.17) is 0 Å². The Morgan fingerprint density at radius 2 is 1.59 bits per heavy atom. The summed E-state index contributed by atoms with van der Waals surface area (Å²) in [5, 5.41) is 3.19. The van der Waals surface area contributed by atoms with Crippen LogP contribution in [-0.2, 0) is 4.79 Å². The van der Waals surface area contributed by atoms with Crippen molar-refractivity contribution in [3.8, 4) is 0 Å². The van der Waals surface area contributed by atoms with Crippen molar-refractivity contribution in [2.24, 2.45) is 5.92 Å². The Morgan fingerprint density at radius 3 is 2.09 bits per heavy atom. The van der Waals surface area contributed by atoms with Crippen LogP contribution in [0.3, 0.4) is 0 Å². The first kappa shape index (κ1) is 18.0. The second kappa shape index (κ2) is 7.95. The zero-order valence-electron chi connectivity index (χ0n) is 14.0. The Labute approximate surface area is 140 Å². The predicted molar refractivity (Wildman–Crippen MR) is 91.5 cm³/mol. The van der Waals surface area contributed by atoms with Crippen LogP contribution >= 0.6 is 12.4 Å². The van der Waals surface area contributed by atoms with E-state index in [1.165, 1.54) is 19.4 Å². The fourth-order valence-corrected chi connectivity index (χ4v) is 3.86. The largest absolute Gasteiger partial charge is 0.340 e. The van der Waals surface area contributed by atoms with Gasteiger partial charge in [-0.15, -0.1) is 12.4 Å². The molecule has 1 amide bonds. The Bertz CT molecular complexity index is 359. The second-order valence-electron chi connectivity index (χ2n) is 7.04. The topological polar surface area (TPSA) is 38.8 Å². The van der Waals surface area contributed by atoms with Gasteiger partial charge in [0, 0.05) is 64.4 Å². The van der Waals surface area contributed by atoms with Gasteiger partial charge in [0.2, 0.25) is 5.91 Å². The molecule has 3 aliphatic heterocycles. The van der Waals surface area contributed by atoms with E-state index in [-0.39, 0.29) is 18.3 Å².